The van der Waals surface area contributed by atoms with Gasteiger partial charge in [0.15, 0.2) is 0 Å². The smallest absolute Gasteiger partial charge is 0.313 e. The van der Waals surface area contributed by atoms with E-state index >= 15 is 0 Å². The second kappa shape index (κ2) is 15.8. The number of fused-ring (bicyclic) bond motifs is 2. The van der Waals surface area contributed by atoms with Crippen LogP contribution in [-0.2, 0) is 33.4 Å². The summed E-state index contributed by atoms with van der Waals surface area (Å²) in [6, 6.07) is 8.30. The molecule has 1 aromatic carbocycles. The molecule has 0 aliphatic carbocycles. The molecule has 12 heteroatoms. The van der Waals surface area contributed by atoms with Crippen molar-refractivity contribution in [3.05, 3.63) is 60.2 Å². The van der Waals surface area contributed by atoms with Gasteiger partial charge in [-0.3, -0.25) is 24.1 Å². The van der Waals surface area contributed by atoms with Gasteiger partial charge in [-0.05, 0) is 24.8 Å². The third kappa shape index (κ3) is 7.22. The van der Waals surface area contributed by atoms with Gasteiger partial charge in [-0.15, -0.1) is 0 Å². The van der Waals surface area contributed by atoms with Gasteiger partial charge in [0.05, 0.1) is 31.8 Å². The molecule has 48 heavy (non-hydrogen) atoms. The molecule has 0 aromatic heterocycles. The predicted molar refractivity (Wildman–Crippen MR) is 175 cm³/mol. The molecule has 0 radical (unpaired) electrons. The van der Waals surface area contributed by atoms with Crippen LogP contribution in [0.2, 0.25) is 0 Å². The summed E-state index contributed by atoms with van der Waals surface area (Å²) in [4.78, 5) is 61.8. The summed E-state index contributed by atoms with van der Waals surface area (Å²) in [6.45, 7) is 4.79. The van der Waals surface area contributed by atoms with Gasteiger partial charge in [-0.25, -0.2) is 0 Å². The molecular weight excluding hydrogens is 616 g/mol. The van der Waals surface area contributed by atoms with Gasteiger partial charge in [0.25, 0.3) is 0 Å². The van der Waals surface area contributed by atoms with Crippen molar-refractivity contribution in [2.45, 2.75) is 62.4 Å². The van der Waals surface area contributed by atoms with Gasteiger partial charge in [0.2, 0.25) is 17.7 Å². The number of carbonyl (C=O) groups excluding carboxylic acids is 4. The Balaban J connectivity index is 1.33. The Morgan fingerprint density at radius 3 is 2.50 bits per heavy atom. The number of amides is 3. The highest BCUT2D eigenvalue weighted by Gasteiger charge is 2.73. The number of allylic oxidation sites excluding steroid dienone is 1. The maximum Gasteiger partial charge on any atom is 0.313 e. The number of hydrogen-bond acceptors (Lipinski definition) is 9. The number of unbranched alkanes of at least 4 members (excludes halogenated alkanes) is 3. The number of hydrogen-bond donors (Lipinski definition) is 2. The minimum atomic E-state index is -1.29. The number of nitrogens with one attached hydrogen (secondary N) is 1. The van der Waals surface area contributed by atoms with Gasteiger partial charge < -0.3 is 34.4 Å². The van der Waals surface area contributed by atoms with Crippen molar-refractivity contribution >= 4 is 23.7 Å². The van der Waals surface area contributed by atoms with Crippen molar-refractivity contribution in [1.29, 1.82) is 0 Å². The second-order valence-corrected chi connectivity index (χ2v) is 13.3. The minimum absolute atomic E-state index is 0.0898. The van der Waals surface area contributed by atoms with Crippen LogP contribution >= 0.6 is 0 Å². The van der Waals surface area contributed by atoms with Crippen molar-refractivity contribution in [2.75, 3.05) is 65.6 Å². The van der Waals surface area contributed by atoms with E-state index in [1.165, 1.54) is 0 Å². The molecule has 5 bridgehead atoms. The Labute approximate surface area is 282 Å². The number of esters is 1. The molecule has 3 saturated heterocycles. The number of ether oxygens (including phenoxy) is 3. The summed E-state index contributed by atoms with van der Waals surface area (Å²) in [5, 5.41) is 12.2. The molecule has 12 nitrogen and oxygen atoms in total. The van der Waals surface area contributed by atoms with Gasteiger partial charge in [0, 0.05) is 52.3 Å². The number of aliphatic hydroxyl groups is 1. The fourth-order valence-electron chi connectivity index (χ4n) is 7.70. The molecule has 3 amide bonds. The first-order valence-corrected chi connectivity index (χ1v) is 17.5. The fourth-order valence-corrected chi connectivity index (χ4v) is 7.70. The Hall–Kier alpha value is -3.58. The lowest BCUT2D eigenvalue weighted by Gasteiger charge is -2.37. The number of morpholine rings is 1. The van der Waals surface area contributed by atoms with Gasteiger partial charge in [-0.1, -0.05) is 67.5 Å². The lowest BCUT2D eigenvalue weighted by molar-refractivity contribution is -0.159. The van der Waals surface area contributed by atoms with Crippen LogP contribution in [0.15, 0.2) is 54.6 Å². The zero-order chi connectivity index (χ0) is 33.5. The van der Waals surface area contributed by atoms with Gasteiger partial charge >= 0.3 is 5.97 Å². The molecule has 6 rings (SSSR count). The number of rotatable bonds is 10. The van der Waals surface area contributed by atoms with E-state index < -0.39 is 41.7 Å². The zero-order valence-corrected chi connectivity index (χ0v) is 27.5. The van der Waals surface area contributed by atoms with Crippen LogP contribution in [0.5, 0.6) is 0 Å². The third-order valence-corrected chi connectivity index (χ3v) is 10.2. The number of aliphatic hydroxyl groups excluding tert-OH is 1. The van der Waals surface area contributed by atoms with E-state index in [9.17, 15) is 24.3 Å². The maximum absolute atomic E-state index is 14.8. The van der Waals surface area contributed by atoms with Crippen LogP contribution in [0.4, 0.5) is 0 Å². The van der Waals surface area contributed by atoms with E-state index in [1.807, 2.05) is 48.6 Å². The van der Waals surface area contributed by atoms with E-state index in [-0.39, 0.29) is 37.3 Å². The van der Waals surface area contributed by atoms with Crippen LogP contribution in [0.3, 0.4) is 0 Å². The monoisotopic (exact) mass is 664 g/mol. The molecule has 0 unspecified atom stereocenters. The fraction of sp³-hybridized carbons (Fsp3) is 0.611. The first-order valence-electron chi connectivity index (χ1n) is 17.5. The number of cyclic esters (lactones) is 1. The number of likely N-dealkylation sites (tertiary alicyclic amines) is 1. The summed E-state index contributed by atoms with van der Waals surface area (Å²) in [5.41, 5.74) is -0.566. The molecule has 5 aliphatic rings. The van der Waals surface area contributed by atoms with E-state index in [2.05, 4.69) is 10.2 Å². The summed E-state index contributed by atoms with van der Waals surface area (Å²) >= 11 is 0. The van der Waals surface area contributed by atoms with Crippen molar-refractivity contribution in [3.63, 3.8) is 0 Å². The van der Waals surface area contributed by atoms with Crippen molar-refractivity contribution < 1.29 is 38.5 Å². The van der Waals surface area contributed by atoms with Gasteiger partial charge in [-0.2, -0.15) is 0 Å². The van der Waals surface area contributed by atoms with Crippen LogP contribution in [0.1, 0.15) is 50.2 Å². The van der Waals surface area contributed by atoms with E-state index in [0.29, 0.717) is 58.7 Å². The molecule has 5 aliphatic heterocycles. The number of carbonyl (C=O) groups is 4. The summed E-state index contributed by atoms with van der Waals surface area (Å²) in [7, 11) is 0. The molecule has 1 spiro atoms. The van der Waals surface area contributed by atoms with Crippen LogP contribution in [-0.4, -0.2) is 127 Å². The van der Waals surface area contributed by atoms with Crippen LogP contribution in [0.25, 0.3) is 0 Å². The Morgan fingerprint density at radius 2 is 1.71 bits per heavy atom. The largest absolute Gasteiger partial charge is 0.455 e. The lowest BCUT2D eigenvalue weighted by atomic mass is 9.74. The highest BCUT2D eigenvalue weighted by atomic mass is 16.6. The summed E-state index contributed by atoms with van der Waals surface area (Å²) in [5.74, 6) is -3.10. The predicted octanol–water partition coefficient (Wildman–Crippen LogP) is 1.60. The molecular formula is C36H48N4O8. The first-order chi connectivity index (χ1) is 23.4. The van der Waals surface area contributed by atoms with Crippen LogP contribution in [0, 0.1) is 11.8 Å². The van der Waals surface area contributed by atoms with E-state index in [1.54, 1.807) is 15.9 Å². The first kappa shape index (κ1) is 34.3. The molecule has 3 fully saturated rings. The number of nitrogens with zero attached hydrogens (tertiary/aromatic N) is 3. The average molecular weight is 665 g/mol. The third-order valence-electron chi connectivity index (χ3n) is 10.2. The Morgan fingerprint density at radius 1 is 0.917 bits per heavy atom. The molecule has 260 valence electrons. The molecule has 1 aromatic rings. The maximum atomic E-state index is 14.8. The molecule has 6 atom stereocenters. The standard InChI is InChI=1S/C36H48N4O8/c41-22-10-2-1-9-17-40-32-34(44)39(19-18-38-20-23-46-24-21-38)16-8-4-7-13-29(42)37-25-28(26-11-5-3-6-12-26)47-35(45)30-27-14-15-36(32,48-27)31(30)33(40)43/h3-6,8,11-12,14-15,27-28,30-32,41H,1-2,7,9-10,13,16-25H2,(H,37,42)/b8-4-/t27-,28-,30+,31+,32-,36+/m0/s1. The minimum Gasteiger partial charge on any atom is -0.455 e. The Bertz CT molecular complexity index is 1360. The van der Waals surface area contributed by atoms with E-state index in [4.69, 9.17) is 14.2 Å². The second-order valence-electron chi connectivity index (χ2n) is 13.3. The van der Waals surface area contributed by atoms with Crippen molar-refractivity contribution in [2.24, 2.45) is 11.8 Å². The number of benzene rings is 1. The summed E-state index contributed by atoms with van der Waals surface area (Å²) in [6.07, 6.45) is 9.66. The quantitative estimate of drug-likeness (QED) is 0.217. The molecule has 0 saturated carbocycles. The highest BCUT2D eigenvalue weighted by molar-refractivity contribution is 5.99. The normalized spacial score (nSPS) is 32.0. The van der Waals surface area contributed by atoms with E-state index in [0.717, 1.165) is 31.5 Å². The topological polar surface area (TPSA) is 138 Å². The molecule has 5 heterocycles. The van der Waals surface area contributed by atoms with Crippen molar-refractivity contribution in [1.82, 2.24) is 20.0 Å². The van der Waals surface area contributed by atoms with Crippen LogP contribution < -0.4 is 5.32 Å². The summed E-state index contributed by atoms with van der Waals surface area (Å²) < 4.78 is 18.2. The lowest BCUT2D eigenvalue weighted by Crippen LogP contribution is -2.57. The zero-order valence-electron chi connectivity index (χ0n) is 27.5. The SMILES string of the molecule is O=C1CC/C=C\CN(CCN2CCOCC2)C(=O)[C@@H]2N(CCCCCCO)C(=O)[C@H]3[C@H](C(=O)O[C@H](c4ccccc4)CN1)[C@@H]1C=C[C@]23O1. The van der Waals surface area contributed by atoms with Gasteiger partial charge in [0.1, 0.15) is 23.7 Å². The highest BCUT2D eigenvalue weighted by Crippen LogP contribution is 2.56. The Kier molecular flexibility index (Phi) is 11.3. The van der Waals surface area contributed by atoms with Crippen molar-refractivity contribution in [3.8, 4) is 0 Å². The molecule has 2 N–H and O–H groups in total. The average Bonchev–Trinajstić information content (AvgIpc) is 3.75.